The summed E-state index contributed by atoms with van der Waals surface area (Å²) in [4.78, 5) is 16.6. The van der Waals surface area contributed by atoms with Gasteiger partial charge in [-0.1, -0.05) is 18.5 Å². The fourth-order valence-electron chi connectivity index (χ4n) is 2.17. The van der Waals surface area contributed by atoms with E-state index in [9.17, 15) is 10.1 Å². The molecule has 0 aliphatic carbocycles. The van der Waals surface area contributed by atoms with Crippen LogP contribution in [0.3, 0.4) is 0 Å². The quantitative estimate of drug-likeness (QED) is 0.463. The van der Waals surface area contributed by atoms with E-state index in [0.717, 1.165) is 25.9 Å². The van der Waals surface area contributed by atoms with E-state index in [0.29, 0.717) is 16.9 Å². The Morgan fingerprint density at radius 1 is 1.59 bits per heavy atom. The Balaban J connectivity index is 2.35. The van der Waals surface area contributed by atoms with Crippen LogP contribution in [0.5, 0.6) is 0 Å². The minimum Gasteiger partial charge on any atom is -0.351 e. The van der Waals surface area contributed by atoms with Gasteiger partial charge in [-0.25, -0.2) is 4.98 Å². The lowest BCUT2D eigenvalue weighted by atomic mass is 10.0. The summed E-state index contributed by atoms with van der Waals surface area (Å²) in [7, 11) is 0. The van der Waals surface area contributed by atoms with Gasteiger partial charge in [0.2, 0.25) is 5.82 Å². The predicted molar refractivity (Wildman–Crippen MR) is 66.5 cm³/mol. The molecule has 0 spiro atoms. The first-order valence-electron chi connectivity index (χ1n) is 5.64. The van der Waals surface area contributed by atoms with E-state index in [1.807, 2.05) is 4.90 Å². The van der Waals surface area contributed by atoms with Crippen LogP contribution < -0.4 is 4.90 Å². The van der Waals surface area contributed by atoms with Gasteiger partial charge in [-0.3, -0.25) is 10.1 Å². The van der Waals surface area contributed by atoms with Crippen LogP contribution >= 0.6 is 11.6 Å². The number of anilines is 1. The van der Waals surface area contributed by atoms with Gasteiger partial charge in [0.15, 0.2) is 0 Å². The molecule has 0 saturated carbocycles. The Morgan fingerprint density at radius 3 is 3.00 bits per heavy atom. The molecule has 1 unspecified atom stereocenters. The zero-order valence-electron chi connectivity index (χ0n) is 9.60. The lowest BCUT2D eigenvalue weighted by molar-refractivity contribution is -0.384. The molecule has 5 nitrogen and oxygen atoms in total. The van der Waals surface area contributed by atoms with Crippen LogP contribution in [0.2, 0.25) is 5.15 Å². The van der Waals surface area contributed by atoms with Gasteiger partial charge in [-0.2, -0.15) is 0 Å². The maximum atomic E-state index is 11.0. The van der Waals surface area contributed by atoms with Crippen molar-refractivity contribution in [3.8, 4) is 0 Å². The van der Waals surface area contributed by atoms with Crippen molar-refractivity contribution < 1.29 is 4.92 Å². The molecule has 1 saturated heterocycles. The lowest BCUT2D eigenvalue weighted by Crippen LogP contribution is -2.35. The van der Waals surface area contributed by atoms with Crippen LogP contribution in [-0.4, -0.2) is 23.0 Å². The van der Waals surface area contributed by atoms with Crippen LogP contribution in [0.1, 0.15) is 19.8 Å². The van der Waals surface area contributed by atoms with E-state index < -0.39 is 4.92 Å². The van der Waals surface area contributed by atoms with E-state index in [1.165, 1.54) is 12.1 Å². The van der Waals surface area contributed by atoms with Gasteiger partial charge >= 0.3 is 5.69 Å². The van der Waals surface area contributed by atoms with Crippen LogP contribution in [0.15, 0.2) is 12.1 Å². The Kier molecular flexibility index (Phi) is 3.47. The molecule has 1 aliphatic rings. The molecule has 1 atom stereocenters. The van der Waals surface area contributed by atoms with E-state index in [1.54, 1.807) is 0 Å². The van der Waals surface area contributed by atoms with Crippen molar-refractivity contribution in [1.29, 1.82) is 0 Å². The maximum absolute atomic E-state index is 11.0. The highest BCUT2D eigenvalue weighted by Gasteiger charge is 2.25. The molecular formula is C11H14ClN3O2. The monoisotopic (exact) mass is 255 g/mol. The number of hydrogen-bond donors (Lipinski definition) is 0. The molecule has 1 aliphatic heterocycles. The van der Waals surface area contributed by atoms with Gasteiger partial charge in [0.25, 0.3) is 0 Å². The van der Waals surface area contributed by atoms with Gasteiger partial charge in [-0.15, -0.1) is 0 Å². The highest BCUT2D eigenvalue weighted by atomic mass is 35.5. The molecule has 0 amide bonds. The van der Waals surface area contributed by atoms with Gasteiger partial charge in [0.1, 0.15) is 5.15 Å². The van der Waals surface area contributed by atoms with E-state index >= 15 is 0 Å². The van der Waals surface area contributed by atoms with Gasteiger partial charge in [-0.05, 0) is 24.8 Å². The molecule has 1 aromatic heterocycles. The summed E-state index contributed by atoms with van der Waals surface area (Å²) in [5, 5.41) is 11.2. The molecule has 1 aromatic rings. The smallest absolute Gasteiger partial charge is 0.311 e. The van der Waals surface area contributed by atoms with E-state index in [2.05, 4.69) is 11.9 Å². The number of rotatable bonds is 2. The summed E-state index contributed by atoms with van der Waals surface area (Å²) in [6.45, 7) is 3.75. The number of nitro groups is 1. The van der Waals surface area contributed by atoms with Crippen molar-refractivity contribution in [2.45, 2.75) is 19.8 Å². The fourth-order valence-corrected chi connectivity index (χ4v) is 2.32. The largest absolute Gasteiger partial charge is 0.351 e. The van der Waals surface area contributed by atoms with Crippen molar-refractivity contribution in [3.05, 3.63) is 27.4 Å². The standard InChI is InChI=1S/C11H14ClN3O2/c1-8-3-2-6-14(7-8)11-9(15(16)17)4-5-10(12)13-11/h4-5,8H,2-3,6-7H2,1H3. The third-order valence-electron chi connectivity index (χ3n) is 2.97. The Hall–Kier alpha value is -1.36. The van der Waals surface area contributed by atoms with Gasteiger partial charge < -0.3 is 4.90 Å². The van der Waals surface area contributed by atoms with Crippen LogP contribution in [0.4, 0.5) is 11.5 Å². The molecule has 2 heterocycles. The van der Waals surface area contributed by atoms with E-state index in [-0.39, 0.29) is 5.69 Å². The minimum atomic E-state index is -0.405. The number of halogens is 1. The second-order valence-electron chi connectivity index (χ2n) is 4.43. The fraction of sp³-hybridized carbons (Fsp3) is 0.545. The second kappa shape index (κ2) is 4.87. The van der Waals surface area contributed by atoms with Crippen molar-refractivity contribution in [3.63, 3.8) is 0 Å². The Morgan fingerprint density at radius 2 is 2.35 bits per heavy atom. The van der Waals surface area contributed by atoms with Crippen LogP contribution in [-0.2, 0) is 0 Å². The molecule has 0 N–H and O–H groups in total. The van der Waals surface area contributed by atoms with Crippen molar-refractivity contribution in [2.24, 2.45) is 5.92 Å². The summed E-state index contributed by atoms with van der Waals surface area (Å²) in [5.74, 6) is 0.929. The molecule has 2 rings (SSSR count). The van der Waals surface area contributed by atoms with Crippen molar-refractivity contribution >= 4 is 23.1 Å². The molecule has 17 heavy (non-hydrogen) atoms. The number of hydrogen-bond acceptors (Lipinski definition) is 4. The topological polar surface area (TPSA) is 59.3 Å². The molecule has 1 fully saturated rings. The molecule has 0 radical (unpaired) electrons. The van der Waals surface area contributed by atoms with Crippen LogP contribution in [0.25, 0.3) is 0 Å². The highest BCUT2D eigenvalue weighted by molar-refractivity contribution is 6.29. The molecule has 92 valence electrons. The Labute approximate surface area is 105 Å². The zero-order valence-corrected chi connectivity index (χ0v) is 10.4. The predicted octanol–water partition coefficient (Wildman–Crippen LogP) is 2.88. The van der Waals surface area contributed by atoms with Gasteiger partial charge in [0, 0.05) is 19.2 Å². The van der Waals surface area contributed by atoms with Crippen LogP contribution in [0, 0.1) is 16.0 Å². The highest BCUT2D eigenvalue weighted by Crippen LogP contribution is 2.30. The normalized spacial score (nSPS) is 20.4. The first-order valence-corrected chi connectivity index (χ1v) is 6.01. The Bertz CT molecular complexity index is 439. The summed E-state index contributed by atoms with van der Waals surface area (Å²) in [6, 6.07) is 2.88. The molecule has 0 bridgehead atoms. The third kappa shape index (κ3) is 2.66. The third-order valence-corrected chi connectivity index (χ3v) is 3.18. The number of piperidine rings is 1. The maximum Gasteiger partial charge on any atom is 0.311 e. The minimum absolute atomic E-state index is 0.0310. The second-order valence-corrected chi connectivity index (χ2v) is 4.81. The van der Waals surface area contributed by atoms with Crippen molar-refractivity contribution in [1.82, 2.24) is 4.98 Å². The lowest BCUT2D eigenvalue weighted by Gasteiger charge is -2.31. The molecule has 6 heteroatoms. The molecular weight excluding hydrogens is 242 g/mol. The van der Waals surface area contributed by atoms with E-state index in [4.69, 9.17) is 11.6 Å². The first-order chi connectivity index (χ1) is 8.08. The molecule has 0 aromatic carbocycles. The number of aromatic nitrogens is 1. The average Bonchev–Trinajstić information content (AvgIpc) is 2.28. The SMILES string of the molecule is CC1CCCN(c2nc(Cl)ccc2[N+](=O)[O-])C1. The van der Waals surface area contributed by atoms with Crippen molar-refractivity contribution in [2.75, 3.05) is 18.0 Å². The number of pyridine rings is 1. The number of nitrogens with zero attached hydrogens (tertiary/aromatic N) is 3. The first kappa shape index (κ1) is 12.1. The summed E-state index contributed by atoms with van der Waals surface area (Å²) in [5.41, 5.74) is 0.0310. The average molecular weight is 256 g/mol. The zero-order chi connectivity index (χ0) is 12.4. The van der Waals surface area contributed by atoms with Gasteiger partial charge in [0.05, 0.1) is 4.92 Å². The summed E-state index contributed by atoms with van der Waals surface area (Å²) in [6.07, 6.45) is 2.19. The summed E-state index contributed by atoms with van der Waals surface area (Å²) < 4.78 is 0. The summed E-state index contributed by atoms with van der Waals surface area (Å²) >= 11 is 5.82.